The Bertz CT molecular complexity index is 790. The second-order valence-corrected chi connectivity index (χ2v) is 4.70. The topological polar surface area (TPSA) is 43.8 Å². The van der Waals surface area contributed by atoms with Crippen molar-refractivity contribution in [3.63, 3.8) is 0 Å². The van der Waals surface area contributed by atoms with E-state index in [-0.39, 0.29) is 18.1 Å². The first-order chi connectivity index (χ1) is 9.97. The monoisotopic (exact) mass is 291 g/mol. The molecule has 0 aliphatic rings. The summed E-state index contributed by atoms with van der Waals surface area (Å²) in [6.07, 6.45) is -4.39. The standard InChI is InChI=1S/C15H12F3N3/c16-15(17,18)11-6-2-1-5-10(11)9-21-13-8-4-3-7-12(13)20-14(21)19/h1-8H,9H2,(H2,19,20). The predicted molar refractivity (Wildman–Crippen MR) is 74.7 cm³/mol. The molecule has 6 heteroatoms. The van der Waals surface area contributed by atoms with Gasteiger partial charge in [-0.15, -0.1) is 0 Å². The zero-order valence-corrected chi connectivity index (χ0v) is 10.9. The minimum absolute atomic E-state index is 0.0298. The number of nitrogen functional groups attached to an aromatic ring is 1. The quantitative estimate of drug-likeness (QED) is 0.782. The Hall–Kier alpha value is -2.50. The molecule has 1 heterocycles. The van der Waals surface area contributed by atoms with E-state index in [0.29, 0.717) is 11.0 Å². The first-order valence-electron chi connectivity index (χ1n) is 6.32. The zero-order valence-electron chi connectivity index (χ0n) is 10.9. The van der Waals surface area contributed by atoms with Gasteiger partial charge >= 0.3 is 6.18 Å². The summed E-state index contributed by atoms with van der Waals surface area (Å²) in [5.74, 6) is 0.202. The van der Waals surface area contributed by atoms with Crippen molar-refractivity contribution in [2.75, 3.05) is 5.73 Å². The molecule has 0 radical (unpaired) electrons. The molecule has 21 heavy (non-hydrogen) atoms. The molecule has 108 valence electrons. The number of nitrogens with two attached hydrogens (primary N) is 1. The minimum atomic E-state index is -4.39. The van der Waals surface area contributed by atoms with Crippen molar-refractivity contribution in [3.05, 3.63) is 59.7 Å². The van der Waals surface area contributed by atoms with Crippen molar-refractivity contribution in [1.82, 2.24) is 9.55 Å². The Balaban J connectivity index is 2.10. The Morgan fingerprint density at radius 3 is 2.43 bits per heavy atom. The van der Waals surface area contributed by atoms with Crippen molar-refractivity contribution in [2.45, 2.75) is 12.7 Å². The van der Waals surface area contributed by atoms with Crippen molar-refractivity contribution >= 4 is 17.0 Å². The van der Waals surface area contributed by atoms with Gasteiger partial charge < -0.3 is 10.3 Å². The Morgan fingerprint density at radius 2 is 1.67 bits per heavy atom. The van der Waals surface area contributed by atoms with E-state index >= 15 is 0 Å². The molecule has 0 saturated carbocycles. The Kier molecular flexibility index (Phi) is 3.08. The third kappa shape index (κ3) is 2.44. The van der Waals surface area contributed by atoms with Gasteiger partial charge in [-0.3, -0.25) is 0 Å². The maximum Gasteiger partial charge on any atom is 0.416 e. The number of aromatic nitrogens is 2. The zero-order chi connectivity index (χ0) is 15.0. The summed E-state index contributed by atoms with van der Waals surface area (Å²) in [7, 11) is 0. The first-order valence-corrected chi connectivity index (χ1v) is 6.32. The molecule has 3 rings (SSSR count). The summed E-state index contributed by atoms with van der Waals surface area (Å²) in [6, 6.07) is 12.7. The lowest BCUT2D eigenvalue weighted by molar-refractivity contribution is -0.138. The maximum absolute atomic E-state index is 13.0. The van der Waals surface area contributed by atoms with Crippen LogP contribution >= 0.6 is 0 Å². The number of halogens is 3. The lowest BCUT2D eigenvalue weighted by Crippen LogP contribution is -2.12. The first kappa shape index (κ1) is 13.5. The van der Waals surface area contributed by atoms with Crippen LogP contribution in [0.15, 0.2) is 48.5 Å². The largest absolute Gasteiger partial charge is 0.416 e. The van der Waals surface area contributed by atoms with Crippen LogP contribution in [0.4, 0.5) is 19.1 Å². The van der Waals surface area contributed by atoms with Crippen LogP contribution in [-0.2, 0) is 12.7 Å². The van der Waals surface area contributed by atoms with Crippen LogP contribution in [0.25, 0.3) is 11.0 Å². The molecule has 0 aliphatic heterocycles. The van der Waals surface area contributed by atoms with E-state index in [1.165, 1.54) is 12.1 Å². The summed E-state index contributed by atoms with van der Waals surface area (Å²) in [6.45, 7) is 0.0298. The second kappa shape index (κ2) is 4.80. The molecule has 0 fully saturated rings. The highest BCUT2D eigenvalue weighted by Gasteiger charge is 2.33. The van der Waals surface area contributed by atoms with E-state index in [0.717, 1.165) is 6.07 Å². The van der Waals surface area contributed by atoms with Gasteiger partial charge in [-0.2, -0.15) is 13.2 Å². The Morgan fingerprint density at radius 1 is 1.00 bits per heavy atom. The number of imidazole rings is 1. The molecule has 2 aromatic carbocycles. The fraction of sp³-hybridized carbons (Fsp3) is 0.133. The highest BCUT2D eigenvalue weighted by atomic mass is 19.4. The fourth-order valence-corrected chi connectivity index (χ4v) is 2.37. The average Bonchev–Trinajstić information content (AvgIpc) is 2.75. The van der Waals surface area contributed by atoms with E-state index in [1.807, 2.05) is 6.07 Å². The number of alkyl halides is 3. The molecule has 2 N–H and O–H groups in total. The van der Waals surface area contributed by atoms with Gasteiger partial charge in [0.15, 0.2) is 0 Å². The van der Waals surface area contributed by atoms with Crippen LogP contribution in [0.5, 0.6) is 0 Å². The number of fused-ring (bicyclic) bond motifs is 1. The summed E-state index contributed by atoms with van der Waals surface area (Å²) < 4.78 is 40.7. The van der Waals surface area contributed by atoms with E-state index < -0.39 is 11.7 Å². The SMILES string of the molecule is Nc1nc2ccccc2n1Cc1ccccc1C(F)(F)F. The molecule has 0 amide bonds. The van der Waals surface area contributed by atoms with Crippen LogP contribution in [0, 0.1) is 0 Å². The summed E-state index contributed by atoms with van der Waals surface area (Å²) in [5, 5.41) is 0. The summed E-state index contributed by atoms with van der Waals surface area (Å²) in [4.78, 5) is 4.16. The molecule has 1 aromatic heterocycles. The highest BCUT2D eigenvalue weighted by molar-refractivity contribution is 5.78. The van der Waals surface area contributed by atoms with Gasteiger partial charge in [-0.1, -0.05) is 30.3 Å². The van der Waals surface area contributed by atoms with Crippen LogP contribution in [0.1, 0.15) is 11.1 Å². The molecule has 0 aliphatic carbocycles. The predicted octanol–water partition coefficient (Wildman–Crippen LogP) is 3.69. The van der Waals surface area contributed by atoms with E-state index in [9.17, 15) is 13.2 Å². The molecule has 0 unspecified atom stereocenters. The van der Waals surface area contributed by atoms with Crippen molar-refractivity contribution in [3.8, 4) is 0 Å². The highest BCUT2D eigenvalue weighted by Crippen LogP contribution is 2.33. The van der Waals surface area contributed by atoms with Crippen LogP contribution in [0.3, 0.4) is 0 Å². The van der Waals surface area contributed by atoms with Crippen molar-refractivity contribution in [2.24, 2.45) is 0 Å². The molecule has 0 bridgehead atoms. The van der Waals surface area contributed by atoms with E-state index in [2.05, 4.69) is 4.98 Å². The fourth-order valence-electron chi connectivity index (χ4n) is 2.37. The van der Waals surface area contributed by atoms with Gasteiger partial charge in [-0.05, 0) is 23.8 Å². The molecular weight excluding hydrogens is 279 g/mol. The van der Waals surface area contributed by atoms with Gasteiger partial charge in [-0.25, -0.2) is 4.98 Å². The molecular formula is C15H12F3N3. The minimum Gasteiger partial charge on any atom is -0.369 e. The van der Waals surface area contributed by atoms with Gasteiger partial charge in [0, 0.05) is 0 Å². The normalized spacial score (nSPS) is 12.0. The van der Waals surface area contributed by atoms with Gasteiger partial charge in [0.25, 0.3) is 0 Å². The Labute approximate surface area is 118 Å². The lowest BCUT2D eigenvalue weighted by atomic mass is 10.1. The third-order valence-corrected chi connectivity index (χ3v) is 3.34. The molecule has 3 nitrogen and oxygen atoms in total. The average molecular weight is 291 g/mol. The number of hydrogen-bond donors (Lipinski definition) is 1. The van der Waals surface area contributed by atoms with E-state index in [4.69, 9.17) is 5.73 Å². The van der Waals surface area contributed by atoms with Crippen molar-refractivity contribution in [1.29, 1.82) is 0 Å². The molecule has 0 spiro atoms. The summed E-state index contributed by atoms with van der Waals surface area (Å²) in [5.41, 5.74) is 6.73. The maximum atomic E-state index is 13.0. The van der Waals surface area contributed by atoms with Gasteiger partial charge in [0.1, 0.15) is 0 Å². The second-order valence-electron chi connectivity index (χ2n) is 4.70. The van der Waals surface area contributed by atoms with Crippen LogP contribution in [-0.4, -0.2) is 9.55 Å². The smallest absolute Gasteiger partial charge is 0.369 e. The number of hydrogen-bond acceptors (Lipinski definition) is 2. The van der Waals surface area contributed by atoms with Crippen LogP contribution in [0.2, 0.25) is 0 Å². The molecule has 3 aromatic rings. The number of para-hydroxylation sites is 2. The number of rotatable bonds is 2. The summed E-state index contributed by atoms with van der Waals surface area (Å²) >= 11 is 0. The number of anilines is 1. The lowest BCUT2D eigenvalue weighted by Gasteiger charge is -2.14. The molecule has 0 atom stereocenters. The van der Waals surface area contributed by atoms with Gasteiger partial charge in [0.2, 0.25) is 5.95 Å². The van der Waals surface area contributed by atoms with E-state index in [1.54, 1.807) is 28.8 Å². The van der Waals surface area contributed by atoms with Crippen LogP contribution < -0.4 is 5.73 Å². The van der Waals surface area contributed by atoms with Gasteiger partial charge in [0.05, 0.1) is 23.1 Å². The van der Waals surface area contributed by atoms with Crippen molar-refractivity contribution < 1.29 is 13.2 Å². The number of nitrogens with zero attached hydrogens (tertiary/aromatic N) is 2. The third-order valence-electron chi connectivity index (χ3n) is 3.34. The molecule has 0 saturated heterocycles. The number of benzene rings is 2.